The first kappa shape index (κ1) is 19.4. The first-order valence-corrected chi connectivity index (χ1v) is 9.17. The zero-order valence-electron chi connectivity index (χ0n) is 14.8. The molecule has 0 saturated heterocycles. The number of para-hydroxylation sites is 1. The lowest BCUT2D eigenvalue weighted by Gasteiger charge is -2.16. The number of methoxy groups -OCH3 is 1. The van der Waals surface area contributed by atoms with Gasteiger partial charge in [0.25, 0.3) is 5.91 Å². The average molecular weight is 400 g/mol. The van der Waals surface area contributed by atoms with Crippen LogP contribution in [0.2, 0.25) is 0 Å². The number of esters is 2. The summed E-state index contributed by atoms with van der Waals surface area (Å²) in [6.45, 7) is -0.535. The van der Waals surface area contributed by atoms with E-state index in [0.29, 0.717) is 11.4 Å². The first-order valence-electron chi connectivity index (χ1n) is 8.19. The normalized spacial score (nSPS) is 12.4. The Bertz CT molecular complexity index is 959. The van der Waals surface area contributed by atoms with Crippen LogP contribution in [0.25, 0.3) is 0 Å². The minimum atomic E-state index is -0.705. The van der Waals surface area contributed by atoms with Gasteiger partial charge in [-0.3, -0.25) is 9.59 Å². The van der Waals surface area contributed by atoms with Crippen LogP contribution in [0.15, 0.2) is 47.4 Å². The van der Waals surface area contributed by atoms with E-state index in [1.807, 2.05) is 0 Å². The Kier molecular flexibility index (Phi) is 5.95. The summed E-state index contributed by atoms with van der Waals surface area (Å²) in [6, 6.07) is 11.1. The van der Waals surface area contributed by atoms with Gasteiger partial charge in [0.05, 0.1) is 35.4 Å². The van der Waals surface area contributed by atoms with Crippen molar-refractivity contribution in [1.29, 1.82) is 0 Å². The summed E-state index contributed by atoms with van der Waals surface area (Å²) in [4.78, 5) is 48.3. The third-order valence-corrected chi connectivity index (χ3v) is 4.86. The number of fused-ring (bicyclic) bond motifs is 1. The molecule has 0 bridgehead atoms. The molecule has 0 unspecified atom stereocenters. The van der Waals surface area contributed by atoms with Crippen molar-refractivity contribution in [1.82, 2.24) is 0 Å². The summed E-state index contributed by atoms with van der Waals surface area (Å²) in [5, 5.41) is 5.20. The van der Waals surface area contributed by atoms with E-state index in [2.05, 4.69) is 15.4 Å². The Morgan fingerprint density at radius 2 is 1.93 bits per heavy atom. The third kappa shape index (κ3) is 4.49. The summed E-state index contributed by atoms with van der Waals surface area (Å²) < 4.78 is 9.68. The van der Waals surface area contributed by atoms with E-state index >= 15 is 0 Å². The molecule has 0 saturated carbocycles. The molecule has 2 N–H and O–H groups in total. The fourth-order valence-electron chi connectivity index (χ4n) is 2.49. The molecular formula is C19H16N2O6S. The summed E-state index contributed by atoms with van der Waals surface area (Å²) >= 11 is 1.38. The van der Waals surface area contributed by atoms with E-state index in [1.54, 1.807) is 24.3 Å². The van der Waals surface area contributed by atoms with Crippen LogP contribution in [0, 0.1) is 0 Å². The van der Waals surface area contributed by atoms with Crippen molar-refractivity contribution in [3.05, 3.63) is 53.6 Å². The molecule has 9 heteroatoms. The zero-order chi connectivity index (χ0) is 20.1. The van der Waals surface area contributed by atoms with E-state index < -0.39 is 24.5 Å². The minimum absolute atomic E-state index is 0.147. The second-order valence-electron chi connectivity index (χ2n) is 5.71. The van der Waals surface area contributed by atoms with Crippen molar-refractivity contribution < 1.29 is 28.7 Å². The lowest BCUT2D eigenvalue weighted by atomic mass is 10.2. The first-order chi connectivity index (χ1) is 13.5. The fourth-order valence-corrected chi connectivity index (χ4v) is 3.28. The van der Waals surface area contributed by atoms with E-state index in [9.17, 15) is 19.2 Å². The predicted molar refractivity (Wildman–Crippen MR) is 102 cm³/mol. The standard InChI is InChI=1S/C19H16N2O6S/c1-26-19(25)12-4-2-3-5-13(12)20-16(22)9-27-18(24)11-6-7-15-14(8-11)21-17(23)10-28-15/h2-8H,9-10H2,1H3,(H,20,22)(H,21,23). The van der Waals surface area contributed by atoms with Crippen LogP contribution in [0.4, 0.5) is 11.4 Å². The van der Waals surface area contributed by atoms with Crippen molar-refractivity contribution in [3.8, 4) is 0 Å². The summed E-state index contributed by atoms with van der Waals surface area (Å²) in [6.07, 6.45) is 0. The molecule has 0 radical (unpaired) electrons. The highest BCUT2D eigenvalue weighted by Crippen LogP contribution is 2.32. The number of amides is 2. The number of rotatable bonds is 5. The molecule has 3 rings (SSSR count). The molecule has 0 aromatic heterocycles. The van der Waals surface area contributed by atoms with Crippen molar-refractivity contribution >= 4 is 46.9 Å². The van der Waals surface area contributed by atoms with Crippen LogP contribution >= 0.6 is 11.8 Å². The SMILES string of the molecule is COC(=O)c1ccccc1NC(=O)COC(=O)c1ccc2c(c1)NC(=O)CS2. The number of hydrogen-bond acceptors (Lipinski definition) is 7. The Morgan fingerprint density at radius 3 is 2.71 bits per heavy atom. The van der Waals surface area contributed by atoms with Crippen LogP contribution < -0.4 is 10.6 Å². The van der Waals surface area contributed by atoms with Gasteiger partial charge in [-0.1, -0.05) is 12.1 Å². The Hall–Kier alpha value is -3.33. The second kappa shape index (κ2) is 8.57. The Balaban J connectivity index is 1.61. The second-order valence-corrected chi connectivity index (χ2v) is 6.73. The zero-order valence-corrected chi connectivity index (χ0v) is 15.6. The largest absolute Gasteiger partial charge is 0.465 e. The van der Waals surface area contributed by atoms with Crippen molar-refractivity contribution in [2.24, 2.45) is 0 Å². The topological polar surface area (TPSA) is 111 Å². The van der Waals surface area contributed by atoms with Crippen molar-refractivity contribution in [3.63, 3.8) is 0 Å². The van der Waals surface area contributed by atoms with Crippen LogP contribution in [-0.4, -0.2) is 43.2 Å². The predicted octanol–water partition coefficient (Wildman–Crippen LogP) is 2.31. The molecule has 2 amide bonds. The molecule has 144 valence electrons. The summed E-state index contributed by atoms with van der Waals surface area (Å²) in [5.74, 6) is -1.73. The molecular weight excluding hydrogens is 384 g/mol. The number of thioether (sulfide) groups is 1. The number of benzene rings is 2. The highest BCUT2D eigenvalue weighted by Gasteiger charge is 2.19. The minimum Gasteiger partial charge on any atom is -0.465 e. The summed E-state index contributed by atoms with van der Waals surface area (Å²) in [7, 11) is 1.24. The number of nitrogens with one attached hydrogen (secondary N) is 2. The van der Waals surface area contributed by atoms with Gasteiger partial charge in [0, 0.05) is 4.90 Å². The molecule has 0 aliphatic carbocycles. The number of hydrogen-bond donors (Lipinski definition) is 2. The van der Waals surface area contributed by atoms with Gasteiger partial charge < -0.3 is 20.1 Å². The maximum atomic E-state index is 12.2. The van der Waals surface area contributed by atoms with Crippen LogP contribution in [0.1, 0.15) is 20.7 Å². The molecule has 8 nitrogen and oxygen atoms in total. The highest BCUT2D eigenvalue weighted by atomic mass is 32.2. The average Bonchev–Trinajstić information content (AvgIpc) is 2.71. The van der Waals surface area contributed by atoms with Crippen LogP contribution in [0.5, 0.6) is 0 Å². The maximum absolute atomic E-state index is 12.2. The van der Waals surface area contributed by atoms with E-state index in [1.165, 1.54) is 37.1 Å². The van der Waals surface area contributed by atoms with Gasteiger partial charge >= 0.3 is 11.9 Å². The van der Waals surface area contributed by atoms with Gasteiger partial charge in [-0.2, -0.15) is 0 Å². The maximum Gasteiger partial charge on any atom is 0.339 e. The van der Waals surface area contributed by atoms with E-state index in [-0.39, 0.29) is 22.7 Å². The summed E-state index contributed by atoms with van der Waals surface area (Å²) in [5.41, 5.74) is 1.19. The van der Waals surface area contributed by atoms with Gasteiger partial charge in [-0.15, -0.1) is 11.8 Å². The van der Waals surface area contributed by atoms with Crippen molar-refractivity contribution in [2.45, 2.75) is 4.90 Å². The monoisotopic (exact) mass is 400 g/mol. The van der Waals surface area contributed by atoms with Gasteiger partial charge in [0.2, 0.25) is 5.91 Å². The number of carbonyl (C=O) groups is 4. The third-order valence-electron chi connectivity index (χ3n) is 3.79. The lowest BCUT2D eigenvalue weighted by Crippen LogP contribution is -2.23. The molecule has 2 aromatic rings. The quantitative estimate of drug-likeness (QED) is 0.741. The van der Waals surface area contributed by atoms with Crippen LogP contribution in [0.3, 0.4) is 0 Å². The van der Waals surface area contributed by atoms with E-state index in [4.69, 9.17) is 4.74 Å². The van der Waals surface area contributed by atoms with Gasteiger partial charge in [-0.05, 0) is 30.3 Å². The molecule has 2 aromatic carbocycles. The molecule has 1 aliphatic rings. The molecule has 1 aliphatic heterocycles. The highest BCUT2D eigenvalue weighted by molar-refractivity contribution is 8.00. The van der Waals surface area contributed by atoms with Gasteiger partial charge in [0.15, 0.2) is 6.61 Å². The molecule has 28 heavy (non-hydrogen) atoms. The number of anilines is 2. The van der Waals surface area contributed by atoms with Gasteiger partial charge in [-0.25, -0.2) is 9.59 Å². The number of carbonyl (C=O) groups excluding carboxylic acids is 4. The Labute approximate surface area is 164 Å². The molecule has 0 spiro atoms. The molecule has 0 atom stereocenters. The lowest BCUT2D eigenvalue weighted by molar-refractivity contribution is -0.119. The fraction of sp³-hybridized carbons (Fsp3) is 0.158. The van der Waals surface area contributed by atoms with Crippen molar-refractivity contribution in [2.75, 3.05) is 30.1 Å². The molecule has 1 heterocycles. The van der Waals surface area contributed by atoms with E-state index in [0.717, 1.165) is 4.90 Å². The van der Waals surface area contributed by atoms with Crippen LogP contribution in [-0.2, 0) is 19.1 Å². The molecule has 0 fully saturated rings. The smallest absolute Gasteiger partial charge is 0.339 e. The Morgan fingerprint density at radius 1 is 1.14 bits per heavy atom. The number of ether oxygens (including phenoxy) is 2. The van der Waals surface area contributed by atoms with Gasteiger partial charge in [0.1, 0.15) is 0 Å².